The van der Waals surface area contributed by atoms with Gasteiger partial charge in [-0.25, -0.2) is 0 Å². The molecule has 8 heteroatoms. The van der Waals surface area contributed by atoms with Crippen molar-refractivity contribution < 1.29 is 24.2 Å². The molecule has 196 valence electrons. The average Bonchev–Trinajstić information content (AvgIpc) is 3.24. The Morgan fingerprint density at radius 3 is 2.38 bits per heavy atom. The molecule has 1 N–H and O–H groups in total. The highest BCUT2D eigenvalue weighted by Crippen LogP contribution is 2.43. The summed E-state index contributed by atoms with van der Waals surface area (Å²) in [5.41, 5.74) is 2.15. The number of amides is 1. The Morgan fingerprint density at radius 1 is 0.949 bits per heavy atom. The first-order valence-corrected chi connectivity index (χ1v) is 12.8. The van der Waals surface area contributed by atoms with Gasteiger partial charge < -0.3 is 14.6 Å². The van der Waals surface area contributed by atoms with Crippen LogP contribution in [0.25, 0.3) is 5.76 Å². The van der Waals surface area contributed by atoms with Gasteiger partial charge >= 0.3 is 0 Å². The minimum Gasteiger partial charge on any atom is -0.507 e. The molecule has 2 heterocycles. The van der Waals surface area contributed by atoms with Crippen molar-refractivity contribution in [3.63, 3.8) is 0 Å². The van der Waals surface area contributed by atoms with Gasteiger partial charge in [0.05, 0.1) is 23.2 Å². The molecule has 1 atom stereocenters. The lowest BCUT2D eigenvalue weighted by Gasteiger charge is -2.25. The highest BCUT2D eigenvalue weighted by Gasteiger charge is 2.47. The Morgan fingerprint density at radius 2 is 1.69 bits per heavy atom. The van der Waals surface area contributed by atoms with Gasteiger partial charge in [0.2, 0.25) is 0 Å². The molecule has 7 nitrogen and oxygen atoms in total. The summed E-state index contributed by atoms with van der Waals surface area (Å²) >= 11 is 6.41. The molecule has 39 heavy (non-hydrogen) atoms. The number of aromatic nitrogens is 1. The molecule has 1 amide bonds. The molecule has 4 aromatic rings. The van der Waals surface area contributed by atoms with E-state index in [1.165, 1.54) is 4.90 Å². The maximum absolute atomic E-state index is 13.4. The third-order valence-electron chi connectivity index (χ3n) is 6.31. The van der Waals surface area contributed by atoms with E-state index in [0.29, 0.717) is 36.0 Å². The van der Waals surface area contributed by atoms with E-state index in [0.717, 1.165) is 5.56 Å². The predicted molar refractivity (Wildman–Crippen MR) is 149 cm³/mol. The molecule has 0 bridgehead atoms. The smallest absolute Gasteiger partial charge is 0.300 e. The third-order valence-corrected chi connectivity index (χ3v) is 6.64. The van der Waals surface area contributed by atoms with Crippen molar-refractivity contribution in [1.29, 1.82) is 0 Å². The fourth-order valence-corrected chi connectivity index (χ4v) is 4.69. The molecule has 1 aliphatic rings. The van der Waals surface area contributed by atoms with Crippen molar-refractivity contribution in [2.75, 3.05) is 11.5 Å². The topological polar surface area (TPSA) is 89.0 Å². The molecule has 0 aliphatic carbocycles. The van der Waals surface area contributed by atoms with Crippen molar-refractivity contribution in [2.24, 2.45) is 0 Å². The van der Waals surface area contributed by atoms with E-state index < -0.39 is 17.7 Å². The van der Waals surface area contributed by atoms with Crippen LogP contribution in [0.2, 0.25) is 5.02 Å². The highest BCUT2D eigenvalue weighted by molar-refractivity contribution is 6.52. The minimum atomic E-state index is -0.929. The van der Waals surface area contributed by atoms with Crippen LogP contribution in [0.3, 0.4) is 0 Å². The van der Waals surface area contributed by atoms with Crippen LogP contribution < -0.4 is 14.4 Å². The Labute approximate surface area is 230 Å². The summed E-state index contributed by atoms with van der Waals surface area (Å²) in [6, 6.07) is 24.0. The number of nitrogens with zero attached hydrogens (tertiary/aromatic N) is 2. The molecule has 3 aromatic carbocycles. The molecule has 1 aliphatic heterocycles. The number of aliphatic hydroxyl groups is 1. The van der Waals surface area contributed by atoms with E-state index in [4.69, 9.17) is 21.1 Å². The summed E-state index contributed by atoms with van der Waals surface area (Å²) in [5, 5.41) is 11.6. The molecule has 1 aromatic heterocycles. The Kier molecular flexibility index (Phi) is 7.61. The van der Waals surface area contributed by atoms with Gasteiger partial charge in [0.25, 0.3) is 11.7 Å². The fraction of sp³-hybridized carbons (Fsp3) is 0.129. The second kappa shape index (κ2) is 11.4. The van der Waals surface area contributed by atoms with Crippen LogP contribution in [0.5, 0.6) is 11.5 Å². The lowest BCUT2D eigenvalue weighted by molar-refractivity contribution is -0.132. The van der Waals surface area contributed by atoms with Crippen LogP contribution in [0.15, 0.2) is 103 Å². The van der Waals surface area contributed by atoms with E-state index in [2.05, 4.69) is 4.98 Å². The number of hydrogen-bond acceptors (Lipinski definition) is 6. The van der Waals surface area contributed by atoms with Crippen molar-refractivity contribution in [1.82, 2.24) is 4.98 Å². The van der Waals surface area contributed by atoms with E-state index in [1.807, 2.05) is 37.3 Å². The SMILES string of the molecule is CCOc1ccc(Cl)c(/C(O)=C2\C(=O)C(=O)N(c3ccc(OCc4ccccc4)cc3)C2c2cccnc2)c1. The normalized spacial score (nSPS) is 16.4. The highest BCUT2D eigenvalue weighted by atomic mass is 35.5. The average molecular weight is 541 g/mol. The number of anilines is 1. The van der Waals surface area contributed by atoms with Crippen LogP contribution in [0, 0.1) is 0 Å². The third kappa shape index (κ3) is 5.35. The van der Waals surface area contributed by atoms with Crippen LogP contribution in [0.4, 0.5) is 5.69 Å². The Balaban J connectivity index is 1.54. The molecule has 1 fully saturated rings. The van der Waals surface area contributed by atoms with Gasteiger partial charge in [-0.3, -0.25) is 19.5 Å². The lowest BCUT2D eigenvalue weighted by atomic mass is 9.96. The first-order chi connectivity index (χ1) is 19.0. The number of aliphatic hydroxyl groups excluding tert-OH is 1. The number of carbonyl (C=O) groups is 2. The van der Waals surface area contributed by atoms with Crippen molar-refractivity contribution in [3.8, 4) is 11.5 Å². The van der Waals surface area contributed by atoms with Gasteiger partial charge in [-0.15, -0.1) is 0 Å². The number of hydrogen-bond donors (Lipinski definition) is 1. The molecule has 1 unspecified atom stereocenters. The van der Waals surface area contributed by atoms with Crippen LogP contribution in [-0.4, -0.2) is 28.4 Å². The number of Topliss-reactive ketones (excluding diaryl/α,β-unsaturated/α-hetero) is 1. The Hall–Kier alpha value is -4.62. The summed E-state index contributed by atoms with van der Waals surface area (Å²) in [7, 11) is 0. The molecular weight excluding hydrogens is 516 g/mol. The van der Waals surface area contributed by atoms with Crippen LogP contribution in [-0.2, 0) is 16.2 Å². The summed E-state index contributed by atoms with van der Waals surface area (Å²) in [5.74, 6) is -0.915. The summed E-state index contributed by atoms with van der Waals surface area (Å²) in [6.45, 7) is 2.63. The maximum atomic E-state index is 13.4. The van der Waals surface area contributed by atoms with E-state index in [9.17, 15) is 14.7 Å². The summed E-state index contributed by atoms with van der Waals surface area (Å²) < 4.78 is 11.4. The van der Waals surface area contributed by atoms with E-state index in [-0.39, 0.29) is 21.9 Å². The van der Waals surface area contributed by atoms with Gasteiger partial charge in [-0.1, -0.05) is 48.0 Å². The minimum absolute atomic E-state index is 0.0899. The second-order valence-electron chi connectivity index (χ2n) is 8.80. The Bertz CT molecular complexity index is 1520. The monoisotopic (exact) mass is 540 g/mol. The quantitative estimate of drug-likeness (QED) is 0.159. The summed E-state index contributed by atoms with van der Waals surface area (Å²) in [6.07, 6.45) is 3.16. The fourth-order valence-electron chi connectivity index (χ4n) is 4.48. The van der Waals surface area contributed by atoms with Crippen LogP contribution >= 0.6 is 11.6 Å². The van der Waals surface area contributed by atoms with Gasteiger partial charge in [0, 0.05) is 23.6 Å². The van der Waals surface area contributed by atoms with Gasteiger partial charge in [-0.2, -0.15) is 0 Å². The standard InChI is InChI=1S/C31H25ClN2O5/c1-2-38-24-14-15-26(32)25(17-24)29(35)27-28(21-9-6-16-33-18-21)34(31(37)30(27)36)22-10-12-23(13-11-22)39-19-20-7-4-3-5-8-20/h3-18,28,35H,2,19H2,1H3/b29-27+. The van der Waals surface area contributed by atoms with E-state index >= 15 is 0 Å². The van der Waals surface area contributed by atoms with Gasteiger partial charge in [0.15, 0.2) is 0 Å². The molecule has 5 rings (SSSR count). The van der Waals surface area contributed by atoms with E-state index in [1.54, 1.807) is 67.0 Å². The number of ether oxygens (including phenoxy) is 2. The first kappa shape index (κ1) is 26.0. The van der Waals surface area contributed by atoms with Gasteiger partial charge in [0.1, 0.15) is 23.9 Å². The number of ketones is 1. The van der Waals surface area contributed by atoms with Crippen molar-refractivity contribution in [2.45, 2.75) is 19.6 Å². The lowest BCUT2D eigenvalue weighted by Crippen LogP contribution is -2.29. The zero-order valence-electron chi connectivity index (χ0n) is 21.1. The zero-order valence-corrected chi connectivity index (χ0v) is 21.8. The number of carbonyl (C=O) groups excluding carboxylic acids is 2. The predicted octanol–water partition coefficient (Wildman–Crippen LogP) is 6.34. The van der Waals surface area contributed by atoms with Gasteiger partial charge in [-0.05, 0) is 66.6 Å². The molecule has 0 spiro atoms. The first-order valence-electron chi connectivity index (χ1n) is 12.4. The number of pyridine rings is 1. The second-order valence-corrected chi connectivity index (χ2v) is 9.21. The largest absolute Gasteiger partial charge is 0.507 e. The molecule has 1 saturated heterocycles. The number of benzene rings is 3. The molecule has 0 saturated carbocycles. The molecular formula is C31H25ClN2O5. The zero-order chi connectivity index (χ0) is 27.4. The number of rotatable bonds is 8. The maximum Gasteiger partial charge on any atom is 0.300 e. The van der Waals surface area contributed by atoms with Crippen molar-refractivity contribution in [3.05, 3.63) is 125 Å². The van der Waals surface area contributed by atoms with Crippen molar-refractivity contribution >= 4 is 34.7 Å². The van der Waals surface area contributed by atoms with Crippen LogP contribution in [0.1, 0.15) is 29.7 Å². The summed E-state index contributed by atoms with van der Waals surface area (Å²) in [4.78, 5) is 32.3. The molecule has 0 radical (unpaired) electrons. The number of halogens is 1.